The number of nitrogens with one attached hydrogen (secondary N) is 1. The first-order valence-corrected chi connectivity index (χ1v) is 6.62. The Morgan fingerprint density at radius 3 is 2.78 bits per heavy atom. The minimum Gasteiger partial charge on any atom is -0.271 e. The van der Waals surface area contributed by atoms with Gasteiger partial charge in [-0.1, -0.05) is 17.7 Å². The van der Waals surface area contributed by atoms with E-state index >= 15 is 0 Å². The summed E-state index contributed by atoms with van der Waals surface area (Å²) in [5, 5.41) is 0.661. The molecule has 0 bridgehead atoms. The Bertz CT molecular complexity index is 560. The molecule has 0 saturated heterocycles. The summed E-state index contributed by atoms with van der Waals surface area (Å²) in [7, 11) is 0. The van der Waals surface area contributed by atoms with Crippen molar-refractivity contribution >= 4 is 27.5 Å². The molecule has 0 aliphatic heterocycles. The Hall–Kier alpha value is -0.940. The number of hydrazine groups is 1. The van der Waals surface area contributed by atoms with Gasteiger partial charge in [-0.3, -0.25) is 10.8 Å². The fourth-order valence-corrected chi connectivity index (χ4v) is 2.27. The molecule has 0 amide bonds. The largest absolute Gasteiger partial charge is 0.271 e. The number of aryl methyl sites for hydroxylation is 1. The van der Waals surface area contributed by atoms with Crippen LogP contribution in [0.5, 0.6) is 0 Å². The summed E-state index contributed by atoms with van der Waals surface area (Å²) in [5.74, 6) is 5.66. The van der Waals surface area contributed by atoms with Crippen LogP contribution >= 0.6 is 27.5 Å². The van der Waals surface area contributed by atoms with E-state index in [2.05, 4.69) is 26.3 Å². The minimum absolute atomic E-state index is 0.121. The molecule has 1 atom stereocenters. The zero-order valence-electron chi connectivity index (χ0n) is 9.82. The molecule has 18 heavy (non-hydrogen) atoms. The van der Waals surface area contributed by atoms with Gasteiger partial charge in [0, 0.05) is 16.9 Å². The van der Waals surface area contributed by atoms with Crippen LogP contribution in [0.4, 0.5) is 0 Å². The molecule has 2 aromatic rings. The number of benzene rings is 1. The zero-order chi connectivity index (χ0) is 13.1. The maximum atomic E-state index is 6.11. The lowest BCUT2D eigenvalue weighted by molar-refractivity contribution is 0.631. The number of nitrogens with two attached hydrogens (primary N) is 1. The highest BCUT2D eigenvalue weighted by Gasteiger charge is 2.15. The van der Waals surface area contributed by atoms with Crippen molar-refractivity contribution in [3.63, 3.8) is 0 Å². The molecular formula is C13H13BrClN3. The molecule has 3 N–H and O–H groups in total. The minimum atomic E-state index is -0.121. The van der Waals surface area contributed by atoms with Crippen molar-refractivity contribution in [2.75, 3.05) is 0 Å². The second-order valence-electron chi connectivity index (χ2n) is 4.01. The van der Waals surface area contributed by atoms with Gasteiger partial charge in [-0.15, -0.1) is 0 Å². The van der Waals surface area contributed by atoms with E-state index in [-0.39, 0.29) is 6.04 Å². The van der Waals surface area contributed by atoms with Crippen molar-refractivity contribution in [2.24, 2.45) is 5.84 Å². The standard InChI is InChI=1S/C13H13BrClN3/c1-8-4-5-17-7-10(8)13(18-16)9-2-3-11(14)12(15)6-9/h2-7,13,18H,16H2,1H3. The van der Waals surface area contributed by atoms with Crippen LogP contribution in [-0.4, -0.2) is 4.98 Å². The maximum Gasteiger partial charge on any atom is 0.0728 e. The lowest BCUT2D eigenvalue weighted by Crippen LogP contribution is -2.29. The van der Waals surface area contributed by atoms with Gasteiger partial charge in [-0.25, -0.2) is 5.43 Å². The maximum absolute atomic E-state index is 6.11. The topological polar surface area (TPSA) is 50.9 Å². The quantitative estimate of drug-likeness (QED) is 0.672. The van der Waals surface area contributed by atoms with E-state index in [0.717, 1.165) is 21.2 Å². The van der Waals surface area contributed by atoms with E-state index in [1.165, 1.54) is 0 Å². The average molecular weight is 327 g/mol. The summed E-state index contributed by atoms with van der Waals surface area (Å²) in [4.78, 5) is 4.14. The SMILES string of the molecule is Cc1ccncc1C(NN)c1ccc(Br)c(Cl)c1. The third-order valence-corrected chi connectivity index (χ3v) is 4.07. The Morgan fingerprint density at radius 2 is 2.17 bits per heavy atom. The highest BCUT2D eigenvalue weighted by atomic mass is 79.9. The molecule has 0 fully saturated rings. The second kappa shape index (κ2) is 5.80. The van der Waals surface area contributed by atoms with E-state index in [1.54, 1.807) is 6.20 Å². The molecule has 3 nitrogen and oxygen atoms in total. The number of hydrogen-bond acceptors (Lipinski definition) is 3. The number of halogens is 2. The first-order valence-electron chi connectivity index (χ1n) is 5.45. The normalized spacial score (nSPS) is 12.4. The number of pyridine rings is 1. The van der Waals surface area contributed by atoms with E-state index in [4.69, 9.17) is 17.4 Å². The van der Waals surface area contributed by atoms with Crippen LogP contribution in [0, 0.1) is 6.92 Å². The molecule has 0 saturated carbocycles. The molecule has 2 rings (SSSR count). The van der Waals surface area contributed by atoms with E-state index in [9.17, 15) is 0 Å². The van der Waals surface area contributed by atoms with Crippen LogP contribution in [0.1, 0.15) is 22.7 Å². The molecule has 1 aromatic carbocycles. The Labute approximate surface area is 119 Å². The van der Waals surface area contributed by atoms with Crippen LogP contribution in [0.2, 0.25) is 5.02 Å². The summed E-state index contributed by atoms with van der Waals surface area (Å²) in [6, 6.07) is 7.62. The third-order valence-electron chi connectivity index (χ3n) is 2.83. The fourth-order valence-electron chi connectivity index (χ4n) is 1.84. The molecule has 1 aromatic heterocycles. The zero-order valence-corrected chi connectivity index (χ0v) is 12.2. The predicted molar refractivity (Wildman–Crippen MR) is 77.3 cm³/mol. The lowest BCUT2D eigenvalue weighted by Gasteiger charge is -2.19. The molecule has 1 heterocycles. The Kier molecular flexibility index (Phi) is 4.35. The Balaban J connectivity index is 2.45. The smallest absolute Gasteiger partial charge is 0.0728 e. The average Bonchev–Trinajstić information content (AvgIpc) is 2.37. The molecular weight excluding hydrogens is 314 g/mol. The van der Waals surface area contributed by atoms with Gasteiger partial charge in [-0.05, 0) is 57.7 Å². The van der Waals surface area contributed by atoms with Crippen molar-refractivity contribution in [1.29, 1.82) is 0 Å². The lowest BCUT2D eigenvalue weighted by atomic mass is 9.97. The van der Waals surface area contributed by atoms with Crippen molar-refractivity contribution < 1.29 is 0 Å². The summed E-state index contributed by atoms with van der Waals surface area (Å²) in [5.41, 5.74) is 5.98. The summed E-state index contributed by atoms with van der Waals surface area (Å²) >= 11 is 9.49. The van der Waals surface area contributed by atoms with Crippen LogP contribution in [0.25, 0.3) is 0 Å². The predicted octanol–water partition coefficient (Wildman–Crippen LogP) is 3.36. The highest BCUT2D eigenvalue weighted by molar-refractivity contribution is 9.10. The number of nitrogens with zero attached hydrogens (tertiary/aromatic N) is 1. The van der Waals surface area contributed by atoms with Crippen LogP contribution < -0.4 is 11.3 Å². The van der Waals surface area contributed by atoms with Gasteiger partial charge in [0.25, 0.3) is 0 Å². The second-order valence-corrected chi connectivity index (χ2v) is 5.27. The van der Waals surface area contributed by atoms with Crippen molar-refractivity contribution in [2.45, 2.75) is 13.0 Å². The summed E-state index contributed by atoms with van der Waals surface area (Å²) < 4.78 is 0.867. The van der Waals surface area contributed by atoms with Gasteiger partial charge >= 0.3 is 0 Å². The van der Waals surface area contributed by atoms with Gasteiger partial charge in [0.2, 0.25) is 0 Å². The summed E-state index contributed by atoms with van der Waals surface area (Å²) in [6.07, 6.45) is 3.58. The van der Waals surface area contributed by atoms with Crippen LogP contribution in [0.15, 0.2) is 41.1 Å². The number of aromatic nitrogens is 1. The molecule has 0 aliphatic rings. The van der Waals surface area contributed by atoms with E-state index < -0.39 is 0 Å². The molecule has 1 unspecified atom stereocenters. The molecule has 94 valence electrons. The van der Waals surface area contributed by atoms with Crippen LogP contribution in [0.3, 0.4) is 0 Å². The molecule has 0 aliphatic carbocycles. The molecule has 0 radical (unpaired) electrons. The van der Waals surface area contributed by atoms with Crippen molar-refractivity contribution in [1.82, 2.24) is 10.4 Å². The highest BCUT2D eigenvalue weighted by Crippen LogP contribution is 2.29. The monoisotopic (exact) mass is 325 g/mol. The fraction of sp³-hybridized carbons (Fsp3) is 0.154. The van der Waals surface area contributed by atoms with Gasteiger partial charge in [0.15, 0.2) is 0 Å². The molecule has 0 spiro atoms. The third kappa shape index (κ3) is 2.72. The van der Waals surface area contributed by atoms with E-state index in [0.29, 0.717) is 5.02 Å². The Morgan fingerprint density at radius 1 is 1.39 bits per heavy atom. The van der Waals surface area contributed by atoms with Gasteiger partial charge in [0.1, 0.15) is 0 Å². The van der Waals surface area contributed by atoms with Gasteiger partial charge < -0.3 is 0 Å². The first kappa shape index (κ1) is 13.5. The van der Waals surface area contributed by atoms with Crippen molar-refractivity contribution in [3.05, 3.63) is 62.8 Å². The first-order chi connectivity index (χ1) is 8.63. The van der Waals surface area contributed by atoms with Gasteiger partial charge in [0.05, 0.1) is 11.1 Å². The van der Waals surface area contributed by atoms with Gasteiger partial charge in [-0.2, -0.15) is 0 Å². The number of hydrogen-bond donors (Lipinski definition) is 2. The van der Waals surface area contributed by atoms with Crippen LogP contribution in [-0.2, 0) is 0 Å². The van der Waals surface area contributed by atoms with E-state index in [1.807, 2.05) is 37.4 Å². The summed E-state index contributed by atoms with van der Waals surface area (Å²) in [6.45, 7) is 2.03. The number of rotatable bonds is 3. The molecule has 5 heteroatoms. The van der Waals surface area contributed by atoms with Crippen molar-refractivity contribution in [3.8, 4) is 0 Å².